The van der Waals surface area contributed by atoms with Crippen molar-refractivity contribution in [1.82, 2.24) is 0 Å². The van der Waals surface area contributed by atoms with Gasteiger partial charge in [-0.05, 0) is 0 Å². The normalized spacial score (nSPS) is 10.2. The Morgan fingerprint density at radius 1 is 1.50 bits per heavy atom. The van der Waals surface area contributed by atoms with E-state index >= 15 is 0 Å². The Bertz CT molecular complexity index is 130. The van der Waals surface area contributed by atoms with E-state index in [0.29, 0.717) is 0 Å². The molecule has 0 spiro atoms. The van der Waals surface area contributed by atoms with Crippen LogP contribution >= 0.6 is 0 Å². The number of hydrogen-bond acceptors (Lipinski definition) is 3. The van der Waals surface area contributed by atoms with E-state index in [9.17, 15) is 8.42 Å². The van der Waals surface area contributed by atoms with Gasteiger partial charge in [0.15, 0.2) is 0 Å². The van der Waals surface area contributed by atoms with Gasteiger partial charge in [0.25, 0.3) is 10.1 Å². The van der Waals surface area contributed by atoms with Crippen LogP contribution in [-0.4, -0.2) is 25.3 Å². The Morgan fingerprint density at radius 3 is 1.88 bits per heavy atom. The topological polar surface area (TPSA) is 80.4 Å². The van der Waals surface area contributed by atoms with Crippen LogP contribution in [0.2, 0.25) is 0 Å². The maximum Gasteiger partial charge on any atom is 0.266 e. The van der Waals surface area contributed by atoms with Gasteiger partial charge in [-0.15, -0.1) is 0 Å². The molecule has 0 bridgehead atoms. The van der Waals surface area contributed by atoms with Gasteiger partial charge in [-0.25, -0.2) is 0 Å². The van der Waals surface area contributed by atoms with Gasteiger partial charge in [-0.1, -0.05) is 0 Å². The van der Waals surface area contributed by atoms with Gasteiger partial charge in [-0.3, -0.25) is 4.55 Å². The van der Waals surface area contributed by atoms with Crippen LogP contribution in [0.5, 0.6) is 0 Å². The molecule has 0 saturated heterocycles. The van der Waals surface area contributed by atoms with Crippen molar-refractivity contribution in [3.05, 3.63) is 0 Å². The van der Waals surface area contributed by atoms with Crippen molar-refractivity contribution in [2.24, 2.45) is 5.73 Å². The average molecular weight is 264 g/mol. The van der Waals surface area contributed by atoms with Crippen LogP contribution in [0.4, 0.5) is 0 Å². The zero-order chi connectivity index (χ0) is 5.91. The summed E-state index contributed by atoms with van der Waals surface area (Å²) >= 11 is 0. The van der Waals surface area contributed by atoms with Crippen molar-refractivity contribution in [2.45, 2.75) is 0 Å². The fourth-order valence-corrected chi connectivity index (χ4v) is 0.447. The first-order valence-electron chi connectivity index (χ1n) is 1.71. The second-order valence-electron chi connectivity index (χ2n) is 1.07. The Balaban J connectivity index is 0. The molecule has 0 fully saturated rings. The smallest absolute Gasteiger partial charge is 0.266 e. The monoisotopic (exact) mass is 264 g/mol. The van der Waals surface area contributed by atoms with Gasteiger partial charge in [-0.2, -0.15) is 8.42 Å². The third-order valence-corrected chi connectivity index (χ3v) is 1.13. The summed E-state index contributed by atoms with van der Waals surface area (Å²) < 4.78 is 27.3. The van der Waals surface area contributed by atoms with Crippen LogP contribution < -0.4 is 5.73 Å². The zero-order valence-electron chi connectivity index (χ0n) is 4.24. The first kappa shape index (κ1) is 11.8. The molecule has 0 rings (SSSR count). The minimum atomic E-state index is -3.80. The Hall–Kier alpha value is 1.06. The molecule has 0 aliphatic heterocycles. The Morgan fingerprint density at radius 2 is 1.88 bits per heavy atom. The minimum Gasteiger partial charge on any atom is -0.329 e. The van der Waals surface area contributed by atoms with Crippen molar-refractivity contribution in [1.29, 1.82) is 0 Å². The summed E-state index contributed by atoms with van der Waals surface area (Å²) in [5.74, 6) is -0.354. The van der Waals surface area contributed by atoms with Gasteiger partial charge in [0, 0.05) is 42.1 Å². The first-order chi connectivity index (χ1) is 3.06. The SMILES string of the molecule is NCCS(=O)(=O)O.[La]. The van der Waals surface area contributed by atoms with Crippen molar-refractivity contribution in [2.75, 3.05) is 12.3 Å². The molecular weight excluding hydrogens is 257 g/mol. The van der Waals surface area contributed by atoms with E-state index in [1.807, 2.05) is 0 Å². The number of rotatable bonds is 2. The molecule has 0 unspecified atom stereocenters. The zero-order valence-corrected chi connectivity index (χ0v) is 8.68. The summed E-state index contributed by atoms with van der Waals surface area (Å²) in [5, 5.41) is 0. The second kappa shape index (κ2) is 4.90. The quantitative estimate of drug-likeness (QED) is 0.616. The molecule has 0 aliphatic carbocycles. The van der Waals surface area contributed by atoms with E-state index in [-0.39, 0.29) is 47.9 Å². The van der Waals surface area contributed by atoms with Crippen LogP contribution in [0.15, 0.2) is 0 Å². The summed E-state index contributed by atoms with van der Waals surface area (Å²) in [6, 6.07) is 0. The molecule has 0 aromatic carbocycles. The molecular formula is C2H7LaNO3S. The van der Waals surface area contributed by atoms with E-state index in [2.05, 4.69) is 0 Å². The summed E-state index contributed by atoms with van der Waals surface area (Å²) in [5.41, 5.74) is 4.78. The molecule has 3 N–H and O–H groups in total. The molecule has 47 valence electrons. The molecule has 8 heavy (non-hydrogen) atoms. The fraction of sp³-hybridized carbons (Fsp3) is 1.00. The van der Waals surface area contributed by atoms with Crippen LogP contribution in [0.3, 0.4) is 0 Å². The van der Waals surface area contributed by atoms with Gasteiger partial charge in [0.2, 0.25) is 0 Å². The van der Waals surface area contributed by atoms with Crippen LogP contribution in [0.1, 0.15) is 0 Å². The van der Waals surface area contributed by atoms with Crippen molar-refractivity contribution in [3.8, 4) is 0 Å². The average Bonchev–Trinajstić information content (AvgIpc) is 1.30. The van der Waals surface area contributed by atoms with Gasteiger partial charge in [0.05, 0.1) is 5.75 Å². The van der Waals surface area contributed by atoms with E-state index in [1.54, 1.807) is 0 Å². The third-order valence-electron chi connectivity index (χ3n) is 0.376. The van der Waals surface area contributed by atoms with E-state index in [0.717, 1.165) is 0 Å². The summed E-state index contributed by atoms with van der Waals surface area (Å²) in [6.07, 6.45) is 0. The van der Waals surface area contributed by atoms with Gasteiger partial charge >= 0.3 is 0 Å². The molecule has 4 nitrogen and oxygen atoms in total. The third kappa shape index (κ3) is 10.1. The van der Waals surface area contributed by atoms with E-state index in [4.69, 9.17) is 10.3 Å². The Labute approximate surface area is 76.2 Å². The van der Waals surface area contributed by atoms with Crippen LogP contribution in [-0.2, 0) is 10.1 Å². The maximum absolute atomic E-state index is 9.71. The molecule has 6 heteroatoms. The predicted molar refractivity (Wildman–Crippen MR) is 25.5 cm³/mol. The molecule has 0 aromatic rings. The molecule has 0 aliphatic rings. The second-order valence-corrected chi connectivity index (χ2v) is 2.65. The molecule has 1 radical (unpaired) electrons. The van der Waals surface area contributed by atoms with Crippen molar-refractivity contribution in [3.63, 3.8) is 0 Å². The van der Waals surface area contributed by atoms with Crippen LogP contribution in [0, 0.1) is 35.6 Å². The molecule has 0 saturated carbocycles. The molecule has 0 aromatic heterocycles. The van der Waals surface area contributed by atoms with Gasteiger partial charge in [0.1, 0.15) is 0 Å². The maximum atomic E-state index is 9.71. The van der Waals surface area contributed by atoms with Crippen molar-refractivity contribution < 1.29 is 48.6 Å². The number of hydrogen-bond donors (Lipinski definition) is 2. The molecule has 0 atom stereocenters. The molecule has 0 amide bonds. The fourth-order valence-electron chi connectivity index (χ4n) is 0.149. The van der Waals surface area contributed by atoms with Crippen LogP contribution in [0.25, 0.3) is 0 Å². The largest absolute Gasteiger partial charge is 0.329 e. The minimum absolute atomic E-state index is 0. The van der Waals surface area contributed by atoms with Crippen molar-refractivity contribution >= 4 is 10.1 Å². The Kier molecular flexibility index (Phi) is 7.23. The number of nitrogens with two attached hydrogens (primary N) is 1. The molecule has 0 heterocycles. The van der Waals surface area contributed by atoms with E-state index < -0.39 is 10.1 Å². The van der Waals surface area contributed by atoms with E-state index in [1.165, 1.54) is 0 Å². The summed E-state index contributed by atoms with van der Waals surface area (Å²) in [6.45, 7) is -0.0289. The summed E-state index contributed by atoms with van der Waals surface area (Å²) in [7, 11) is -3.80. The first-order valence-corrected chi connectivity index (χ1v) is 3.32. The van der Waals surface area contributed by atoms with Gasteiger partial charge < -0.3 is 5.73 Å². The standard InChI is InChI=1S/C2H7NO3S.La/c3-1-2-7(4,5)6;/h1-3H2,(H,4,5,6);. The predicted octanol–water partition coefficient (Wildman–Crippen LogP) is -1.17. The summed E-state index contributed by atoms with van der Waals surface area (Å²) in [4.78, 5) is 0.